The van der Waals surface area contributed by atoms with Gasteiger partial charge in [-0.2, -0.15) is 0 Å². The van der Waals surface area contributed by atoms with E-state index >= 15 is 0 Å². The molecule has 0 saturated carbocycles. The van der Waals surface area contributed by atoms with Crippen molar-refractivity contribution in [2.24, 2.45) is 5.92 Å². The van der Waals surface area contributed by atoms with Crippen LogP contribution in [-0.2, 0) is 30.8 Å². The largest absolute Gasteiger partial charge is 0.508 e. The molecule has 1 heterocycles. The number of phenolic OH excluding ortho intramolecular Hbond substituents is 1. The number of hydrogen-bond donors (Lipinski definition) is 2. The molecular formula is C30H33FN2O6S. The lowest BCUT2D eigenvalue weighted by Gasteiger charge is -2.48. The van der Waals surface area contributed by atoms with E-state index in [0.717, 1.165) is 23.1 Å². The molecule has 0 bridgehead atoms. The van der Waals surface area contributed by atoms with Crippen LogP contribution in [0.25, 0.3) is 0 Å². The normalized spacial score (nSPS) is 17.8. The van der Waals surface area contributed by atoms with Gasteiger partial charge >= 0.3 is 5.97 Å². The van der Waals surface area contributed by atoms with Gasteiger partial charge in [0.1, 0.15) is 17.7 Å². The van der Waals surface area contributed by atoms with E-state index in [-0.39, 0.29) is 29.4 Å². The van der Waals surface area contributed by atoms with Gasteiger partial charge in [0.25, 0.3) is 0 Å². The molecule has 3 aromatic rings. The second-order valence-corrected chi connectivity index (χ2v) is 11.8. The number of benzene rings is 3. The van der Waals surface area contributed by atoms with Gasteiger partial charge in [-0.05, 0) is 78.8 Å². The van der Waals surface area contributed by atoms with Crippen LogP contribution in [0.3, 0.4) is 0 Å². The zero-order valence-corrected chi connectivity index (χ0v) is 23.2. The molecule has 0 spiro atoms. The maximum Gasteiger partial charge on any atom is 0.303 e. The molecule has 10 heteroatoms. The molecule has 0 aromatic heterocycles. The highest BCUT2D eigenvalue weighted by atomic mass is 32.2. The molecule has 8 nitrogen and oxygen atoms in total. The number of phenols is 1. The number of ether oxygens (including phenoxy) is 1. The zero-order valence-electron chi connectivity index (χ0n) is 22.4. The number of carbonyl (C=O) groups is 2. The first-order valence-corrected chi connectivity index (χ1v) is 15.0. The number of halogens is 1. The molecule has 3 atom stereocenters. The predicted molar refractivity (Wildman–Crippen MR) is 150 cm³/mol. The van der Waals surface area contributed by atoms with Crippen LogP contribution >= 0.6 is 0 Å². The number of anilines is 1. The number of nitrogens with one attached hydrogen (secondary N) is 1. The van der Waals surface area contributed by atoms with E-state index in [0.29, 0.717) is 37.8 Å². The van der Waals surface area contributed by atoms with Crippen molar-refractivity contribution >= 4 is 27.6 Å². The number of rotatable bonds is 12. The van der Waals surface area contributed by atoms with Gasteiger partial charge in [-0.25, -0.2) is 17.5 Å². The standard InChI is InChI=1S/C30H33FN2O6S/c1-20(34)39-28(22-7-11-24(31)12-8-22)18-17-27-29(23-9-15-26(35)16-10-23)33(30(27)36)25-13-5-21(6-14-25)4-3-19-32-40(2,37)38/h5-16,27-29,32,35H,3-4,17-19H2,1-2H3/t27?,28-,29+/m0/s1. The summed E-state index contributed by atoms with van der Waals surface area (Å²) in [5.74, 6) is -1.18. The minimum absolute atomic E-state index is 0.0659. The van der Waals surface area contributed by atoms with E-state index < -0.39 is 22.1 Å². The van der Waals surface area contributed by atoms with Crippen LogP contribution in [0.1, 0.15) is 55.0 Å². The van der Waals surface area contributed by atoms with Gasteiger partial charge in [0.05, 0.1) is 18.2 Å². The van der Waals surface area contributed by atoms with Gasteiger partial charge in [-0.15, -0.1) is 0 Å². The summed E-state index contributed by atoms with van der Waals surface area (Å²) >= 11 is 0. The molecule has 3 aromatic carbocycles. The fraction of sp³-hybridized carbons (Fsp3) is 0.333. The highest BCUT2D eigenvalue weighted by molar-refractivity contribution is 7.88. The van der Waals surface area contributed by atoms with Crippen molar-refractivity contribution in [3.8, 4) is 5.75 Å². The SMILES string of the molecule is CC(=O)O[C@@H](CCC1C(=O)N(c2ccc(CCCNS(C)(=O)=O)cc2)[C@@H]1c1ccc(O)cc1)c1ccc(F)cc1. The summed E-state index contributed by atoms with van der Waals surface area (Å²) < 4.78 is 43.9. The molecule has 4 rings (SSSR count). The van der Waals surface area contributed by atoms with Crippen LogP contribution in [0.5, 0.6) is 5.75 Å². The molecular weight excluding hydrogens is 535 g/mol. The fourth-order valence-electron chi connectivity index (χ4n) is 5.05. The van der Waals surface area contributed by atoms with E-state index in [4.69, 9.17) is 4.74 Å². The van der Waals surface area contributed by atoms with E-state index in [1.807, 2.05) is 24.3 Å². The van der Waals surface area contributed by atoms with Crippen LogP contribution < -0.4 is 9.62 Å². The molecule has 212 valence electrons. The first-order valence-electron chi connectivity index (χ1n) is 13.1. The number of aryl methyl sites for hydroxylation is 1. The Kier molecular flexibility index (Phi) is 9.21. The number of esters is 1. The second-order valence-electron chi connectivity index (χ2n) is 10.0. The van der Waals surface area contributed by atoms with Gasteiger partial charge in [0, 0.05) is 19.2 Å². The summed E-state index contributed by atoms with van der Waals surface area (Å²) in [5.41, 5.74) is 3.27. The van der Waals surface area contributed by atoms with Crippen molar-refractivity contribution < 1.29 is 32.2 Å². The maximum atomic E-state index is 13.5. The Morgan fingerprint density at radius 1 is 1.05 bits per heavy atom. The Balaban J connectivity index is 1.50. The smallest absolute Gasteiger partial charge is 0.303 e. The summed E-state index contributed by atoms with van der Waals surface area (Å²) in [6, 6.07) is 19.8. The average molecular weight is 569 g/mol. The monoisotopic (exact) mass is 568 g/mol. The minimum Gasteiger partial charge on any atom is -0.508 e. The van der Waals surface area contributed by atoms with Gasteiger partial charge in [-0.3, -0.25) is 9.59 Å². The number of β-lactam (4-membered cyclic amide) rings is 1. The van der Waals surface area contributed by atoms with Crippen molar-refractivity contribution in [1.29, 1.82) is 0 Å². The summed E-state index contributed by atoms with van der Waals surface area (Å²) in [7, 11) is -3.22. The number of sulfonamides is 1. The average Bonchev–Trinajstić information content (AvgIpc) is 2.90. The quantitative estimate of drug-likeness (QED) is 0.184. The predicted octanol–water partition coefficient (Wildman–Crippen LogP) is 4.80. The van der Waals surface area contributed by atoms with Crippen molar-refractivity contribution in [3.05, 3.63) is 95.3 Å². The lowest BCUT2D eigenvalue weighted by atomic mass is 9.78. The van der Waals surface area contributed by atoms with Gasteiger partial charge in [0.15, 0.2) is 0 Å². The van der Waals surface area contributed by atoms with E-state index in [1.54, 1.807) is 41.3 Å². The molecule has 2 N–H and O–H groups in total. The van der Waals surface area contributed by atoms with E-state index in [9.17, 15) is 27.5 Å². The third-order valence-electron chi connectivity index (χ3n) is 6.96. The van der Waals surface area contributed by atoms with Crippen molar-refractivity contribution in [2.45, 2.75) is 44.8 Å². The Labute approximate surface area is 233 Å². The first kappa shape index (κ1) is 29.2. The zero-order chi connectivity index (χ0) is 28.9. The summed E-state index contributed by atoms with van der Waals surface area (Å²) in [6.45, 7) is 1.67. The number of aromatic hydroxyl groups is 1. The van der Waals surface area contributed by atoms with Crippen molar-refractivity contribution in [1.82, 2.24) is 4.72 Å². The Morgan fingerprint density at radius 3 is 2.30 bits per heavy atom. The van der Waals surface area contributed by atoms with Crippen LogP contribution in [0, 0.1) is 11.7 Å². The number of amides is 1. The van der Waals surface area contributed by atoms with Crippen LogP contribution in [0.15, 0.2) is 72.8 Å². The van der Waals surface area contributed by atoms with Crippen LogP contribution in [0.4, 0.5) is 10.1 Å². The van der Waals surface area contributed by atoms with E-state index in [2.05, 4.69) is 4.72 Å². The highest BCUT2D eigenvalue weighted by Crippen LogP contribution is 2.46. The summed E-state index contributed by atoms with van der Waals surface area (Å²) in [6.07, 6.45) is 2.65. The van der Waals surface area contributed by atoms with Crippen LogP contribution in [-0.4, -0.2) is 38.2 Å². The number of nitrogens with zero attached hydrogens (tertiary/aromatic N) is 1. The lowest BCUT2D eigenvalue weighted by Crippen LogP contribution is -2.55. The molecule has 0 aliphatic carbocycles. The molecule has 40 heavy (non-hydrogen) atoms. The fourth-order valence-corrected chi connectivity index (χ4v) is 5.56. The summed E-state index contributed by atoms with van der Waals surface area (Å²) in [4.78, 5) is 27.0. The highest BCUT2D eigenvalue weighted by Gasteiger charge is 2.48. The first-order chi connectivity index (χ1) is 19.0. The molecule has 1 amide bonds. The molecule has 1 aliphatic heterocycles. The van der Waals surface area contributed by atoms with Gasteiger partial charge in [0.2, 0.25) is 15.9 Å². The Morgan fingerprint density at radius 2 is 1.70 bits per heavy atom. The third kappa shape index (κ3) is 7.45. The molecule has 0 radical (unpaired) electrons. The molecule has 1 saturated heterocycles. The van der Waals surface area contributed by atoms with Crippen LogP contribution in [0.2, 0.25) is 0 Å². The molecule has 1 aliphatic rings. The number of hydrogen-bond acceptors (Lipinski definition) is 6. The Hall–Kier alpha value is -3.76. The second kappa shape index (κ2) is 12.6. The topological polar surface area (TPSA) is 113 Å². The summed E-state index contributed by atoms with van der Waals surface area (Å²) in [5, 5.41) is 9.81. The van der Waals surface area contributed by atoms with Crippen molar-refractivity contribution in [3.63, 3.8) is 0 Å². The van der Waals surface area contributed by atoms with Gasteiger partial charge in [-0.1, -0.05) is 36.4 Å². The Bertz CT molecular complexity index is 1430. The van der Waals surface area contributed by atoms with Crippen molar-refractivity contribution in [2.75, 3.05) is 17.7 Å². The van der Waals surface area contributed by atoms with Gasteiger partial charge < -0.3 is 14.7 Å². The maximum absolute atomic E-state index is 13.5. The lowest BCUT2D eigenvalue weighted by molar-refractivity contribution is -0.147. The molecule has 1 fully saturated rings. The number of carbonyl (C=O) groups excluding carboxylic acids is 2. The molecule has 1 unspecified atom stereocenters. The third-order valence-corrected chi connectivity index (χ3v) is 7.69. The van der Waals surface area contributed by atoms with E-state index in [1.165, 1.54) is 19.1 Å². The minimum atomic E-state index is -3.22.